The molecule has 2 aromatic rings. The number of aromatic nitrogens is 1. The maximum atomic E-state index is 12.9. The van der Waals surface area contributed by atoms with E-state index in [4.69, 9.17) is 14.2 Å². The minimum absolute atomic E-state index is 0.178. The molecule has 0 saturated carbocycles. The number of esters is 1. The number of ether oxygens (including phenoxy) is 3. The lowest BCUT2D eigenvalue weighted by molar-refractivity contribution is -0.135. The lowest BCUT2D eigenvalue weighted by atomic mass is 10.2. The van der Waals surface area contributed by atoms with Crippen LogP contribution in [0, 0.1) is 0 Å². The van der Waals surface area contributed by atoms with Crippen molar-refractivity contribution in [1.29, 1.82) is 0 Å². The van der Waals surface area contributed by atoms with Crippen molar-refractivity contribution < 1.29 is 23.8 Å². The molecule has 0 N–H and O–H groups in total. The normalized spacial score (nSPS) is 12.0. The molecular weight excluding hydrogens is 396 g/mol. The number of benzene rings is 1. The maximum Gasteiger partial charge on any atom is 0.333 e. The highest BCUT2D eigenvalue weighted by Gasteiger charge is 2.12. The summed E-state index contributed by atoms with van der Waals surface area (Å²) in [5.41, 5.74) is 0.316. The van der Waals surface area contributed by atoms with Crippen molar-refractivity contribution in [1.82, 2.24) is 9.47 Å². The Morgan fingerprint density at radius 2 is 1.76 bits per heavy atom. The Morgan fingerprint density at radius 1 is 1.14 bits per heavy atom. The zero-order valence-electron chi connectivity index (χ0n) is 17.1. The number of amides is 1. The summed E-state index contributed by atoms with van der Waals surface area (Å²) in [5.74, 6) is 0.314. The highest BCUT2D eigenvalue weighted by molar-refractivity contribution is 7.07. The molecule has 1 heterocycles. The third kappa shape index (κ3) is 5.71. The summed E-state index contributed by atoms with van der Waals surface area (Å²) in [7, 11) is 6.28. The van der Waals surface area contributed by atoms with Gasteiger partial charge in [-0.15, -0.1) is 11.3 Å². The van der Waals surface area contributed by atoms with E-state index < -0.39 is 5.97 Å². The first-order chi connectivity index (χ1) is 13.8. The molecule has 8 nitrogen and oxygen atoms in total. The average molecular weight is 420 g/mol. The molecule has 0 saturated heterocycles. The van der Waals surface area contributed by atoms with Gasteiger partial charge in [0, 0.05) is 20.2 Å². The SMILES string of the molecule is CCOC(=O)/C=c1\s/c(=C/c2cc(OC)cc(OC)c2)c(=O)n1CC(=O)N(C)C. The van der Waals surface area contributed by atoms with Crippen molar-refractivity contribution in [3.8, 4) is 11.5 Å². The molecule has 0 bridgehead atoms. The fourth-order valence-electron chi connectivity index (χ4n) is 2.42. The number of likely N-dealkylation sites (N-methyl/N-ethyl adjacent to an activating group) is 1. The van der Waals surface area contributed by atoms with Crippen molar-refractivity contribution in [3.05, 3.63) is 43.3 Å². The van der Waals surface area contributed by atoms with E-state index in [2.05, 4.69) is 0 Å². The van der Waals surface area contributed by atoms with Gasteiger partial charge in [-0.2, -0.15) is 0 Å². The molecular formula is C20H24N2O6S. The van der Waals surface area contributed by atoms with Crippen LogP contribution in [0.15, 0.2) is 23.0 Å². The topological polar surface area (TPSA) is 87.1 Å². The van der Waals surface area contributed by atoms with E-state index in [1.165, 1.54) is 29.8 Å². The third-order valence-electron chi connectivity index (χ3n) is 3.93. The summed E-state index contributed by atoms with van der Waals surface area (Å²) in [6.07, 6.45) is 2.89. The Hall–Kier alpha value is -3.07. The van der Waals surface area contributed by atoms with Crippen molar-refractivity contribution >= 4 is 35.4 Å². The Morgan fingerprint density at radius 3 is 2.28 bits per heavy atom. The number of nitrogens with zero attached hydrogens (tertiary/aromatic N) is 2. The Bertz CT molecular complexity index is 1050. The quantitative estimate of drug-likeness (QED) is 0.595. The lowest BCUT2D eigenvalue weighted by Crippen LogP contribution is -2.38. The number of hydrogen-bond acceptors (Lipinski definition) is 7. The Balaban J connectivity index is 2.66. The summed E-state index contributed by atoms with van der Waals surface area (Å²) in [5, 5.41) is 0. The molecule has 0 aliphatic rings. The first-order valence-corrected chi connectivity index (χ1v) is 9.63. The molecule has 0 atom stereocenters. The highest BCUT2D eigenvalue weighted by Crippen LogP contribution is 2.22. The van der Waals surface area contributed by atoms with Crippen LogP contribution >= 0.6 is 11.3 Å². The van der Waals surface area contributed by atoms with Gasteiger partial charge in [0.2, 0.25) is 5.91 Å². The lowest BCUT2D eigenvalue weighted by Gasteiger charge is -2.10. The zero-order valence-corrected chi connectivity index (χ0v) is 17.9. The number of methoxy groups -OCH3 is 2. The van der Waals surface area contributed by atoms with E-state index in [1.807, 2.05) is 0 Å². The summed E-state index contributed by atoms with van der Waals surface area (Å²) >= 11 is 1.10. The van der Waals surface area contributed by atoms with E-state index in [9.17, 15) is 14.4 Å². The molecule has 1 aromatic carbocycles. The van der Waals surface area contributed by atoms with Crippen LogP contribution in [0.2, 0.25) is 0 Å². The predicted molar refractivity (Wildman–Crippen MR) is 111 cm³/mol. The van der Waals surface area contributed by atoms with E-state index in [-0.39, 0.29) is 24.6 Å². The summed E-state index contributed by atoms with van der Waals surface area (Å²) < 4.78 is 17.4. The van der Waals surface area contributed by atoms with Crippen LogP contribution in [0.25, 0.3) is 12.2 Å². The van der Waals surface area contributed by atoms with Crippen LogP contribution in [0.4, 0.5) is 0 Å². The minimum atomic E-state index is -0.575. The molecule has 0 aliphatic carbocycles. The Kier molecular flexibility index (Phi) is 7.60. The van der Waals surface area contributed by atoms with Crippen molar-refractivity contribution in [2.75, 3.05) is 34.9 Å². The Labute approximate surface area is 172 Å². The number of carbonyl (C=O) groups excluding carboxylic acids is 2. The predicted octanol–water partition coefficient (Wildman–Crippen LogP) is 0.188. The van der Waals surface area contributed by atoms with Crippen LogP contribution in [-0.4, -0.2) is 56.3 Å². The maximum absolute atomic E-state index is 12.9. The summed E-state index contributed by atoms with van der Waals surface area (Å²) in [6.45, 7) is 1.73. The first-order valence-electron chi connectivity index (χ1n) is 8.82. The van der Waals surface area contributed by atoms with Crippen molar-refractivity contribution in [3.63, 3.8) is 0 Å². The number of carbonyl (C=O) groups is 2. The fraction of sp³-hybridized carbons (Fsp3) is 0.350. The molecule has 9 heteroatoms. The van der Waals surface area contributed by atoms with E-state index in [0.717, 1.165) is 11.3 Å². The van der Waals surface area contributed by atoms with Gasteiger partial charge in [-0.1, -0.05) is 0 Å². The molecule has 29 heavy (non-hydrogen) atoms. The second-order valence-corrected chi connectivity index (χ2v) is 7.23. The van der Waals surface area contributed by atoms with E-state index in [0.29, 0.717) is 26.3 Å². The van der Waals surface area contributed by atoms with Crippen LogP contribution in [0.3, 0.4) is 0 Å². The summed E-state index contributed by atoms with van der Waals surface area (Å²) in [4.78, 5) is 38.4. The van der Waals surface area contributed by atoms with Gasteiger partial charge in [0.15, 0.2) is 0 Å². The third-order valence-corrected chi connectivity index (χ3v) is 4.99. The number of thiazole rings is 1. The van der Waals surface area contributed by atoms with Gasteiger partial charge in [-0.3, -0.25) is 14.2 Å². The number of hydrogen-bond donors (Lipinski definition) is 0. The largest absolute Gasteiger partial charge is 0.497 e. The smallest absolute Gasteiger partial charge is 0.333 e. The molecule has 0 unspecified atom stereocenters. The molecule has 0 aliphatic heterocycles. The van der Waals surface area contributed by atoms with Crippen LogP contribution in [-0.2, 0) is 20.9 Å². The second kappa shape index (κ2) is 9.92. The van der Waals surface area contributed by atoms with Crippen LogP contribution in [0.1, 0.15) is 12.5 Å². The van der Waals surface area contributed by atoms with Crippen molar-refractivity contribution in [2.24, 2.45) is 0 Å². The molecule has 2 rings (SSSR count). The second-order valence-electron chi connectivity index (χ2n) is 6.17. The zero-order chi connectivity index (χ0) is 21.6. The molecule has 0 spiro atoms. The van der Waals surface area contributed by atoms with Gasteiger partial charge in [-0.25, -0.2) is 4.79 Å². The average Bonchev–Trinajstić information content (AvgIpc) is 2.96. The molecule has 0 radical (unpaired) electrons. The van der Waals surface area contributed by atoms with Gasteiger partial charge < -0.3 is 19.1 Å². The van der Waals surface area contributed by atoms with E-state index in [1.54, 1.807) is 45.3 Å². The van der Waals surface area contributed by atoms with Gasteiger partial charge in [-0.05, 0) is 30.7 Å². The molecule has 1 amide bonds. The van der Waals surface area contributed by atoms with Gasteiger partial charge in [0.05, 0.1) is 31.4 Å². The fourth-order valence-corrected chi connectivity index (χ4v) is 3.45. The van der Waals surface area contributed by atoms with Gasteiger partial charge in [0.25, 0.3) is 5.56 Å². The monoisotopic (exact) mass is 420 g/mol. The molecule has 156 valence electrons. The van der Waals surface area contributed by atoms with Crippen LogP contribution in [0.5, 0.6) is 11.5 Å². The van der Waals surface area contributed by atoms with Gasteiger partial charge >= 0.3 is 5.97 Å². The van der Waals surface area contributed by atoms with Gasteiger partial charge in [0.1, 0.15) is 22.7 Å². The summed E-state index contributed by atoms with van der Waals surface area (Å²) in [6, 6.07) is 5.23. The van der Waals surface area contributed by atoms with E-state index >= 15 is 0 Å². The standard InChI is InChI=1S/C20H24N2O6S/c1-6-28-19(24)11-18-22(12-17(23)21(2)3)20(25)16(29-18)9-13-7-14(26-4)10-15(8-13)27-5/h7-11H,6,12H2,1-5H3/b16-9+,18-11-. The number of rotatable bonds is 7. The first kappa shape index (κ1) is 22.2. The van der Waals surface area contributed by atoms with Crippen LogP contribution < -0.4 is 24.2 Å². The molecule has 0 fully saturated rings. The highest BCUT2D eigenvalue weighted by atomic mass is 32.1. The minimum Gasteiger partial charge on any atom is -0.497 e. The van der Waals surface area contributed by atoms with Crippen molar-refractivity contribution in [2.45, 2.75) is 13.5 Å². The molecule has 1 aromatic heterocycles.